The molecule has 0 amide bonds. The molecule has 0 aliphatic heterocycles. The van der Waals surface area contributed by atoms with Crippen molar-refractivity contribution >= 4 is 15.9 Å². The van der Waals surface area contributed by atoms with Crippen molar-refractivity contribution in [1.29, 1.82) is 0 Å². The minimum atomic E-state index is -0.423. The van der Waals surface area contributed by atoms with Crippen molar-refractivity contribution in [3.05, 3.63) is 15.9 Å². The highest BCUT2D eigenvalue weighted by atomic mass is 79.9. The van der Waals surface area contributed by atoms with Gasteiger partial charge in [0.05, 0.1) is 22.0 Å². The molecule has 1 aromatic heterocycles. The van der Waals surface area contributed by atoms with Crippen LogP contribution in [0.3, 0.4) is 0 Å². The molecule has 0 spiro atoms. The standard InChI is InChI=1S/C13H24BrN3O/c1-5-17-11(13(14)9(4)16-17)6-12(18)10(7-15)8(2)3/h8,10,12,18H,5-7,15H2,1-4H3. The van der Waals surface area contributed by atoms with Gasteiger partial charge >= 0.3 is 0 Å². The van der Waals surface area contributed by atoms with Crippen LogP contribution in [0.2, 0.25) is 0 Å². The second-order valence-corrected chi connectivity index (χ2v) is 5.87. The first-order valence-electron chi connectivity index (χ1n) is 6.52. The average Bonchev–Trinajstić information content (AvgIpc) is 2.57. The van der Waals surface area contributed by atoms with E-state index >= 15 is 0 Å². The molecule has 0 aliphatic rings. The van der Waals surface area contributed by atoms with Gasteiger partial charge in [-0.15, -0.1) is 0 Å². The zero-order valence-corrected chi connectivity index (χ0v) is 13.2. The van der Waals surface area contributed by atoms with Crippen molar-refractivity contribution in [2.45, 2.75) is 46.8 Å². The van der Waals surface area contributed by atoms with E-state index in [1.807, 2.05) is 11.6 Å². The smallest absolute Gasteiger partial charge is 0.0738 e. The second kappa shape index (κ2) is 6.68. The summed E-state index contributed by atoms with van der Waals surface area (Å²) in [5.74, 6) is 0.500. The van der Waals surface area contributed by atoms with Crippen LogP contribution in [-0.4, -0.2) is 27.5 Å². The quantitative estimate of drug-likeness (QED) is 0.844. The van der Waals surface area contributed by atoms with E-state index in [1.165, 1.54) is 0 Å². The van der Waals surface area contributed by atoms with E-state index in [9.17, 15) is 5.11 Å². The molecule has 2 unspecified atom stereocenters. The number of nitrogens with two attached hydrogens (primary N) is 1. The predicted octanol–water partition coefficient (Wildman–Crippen LogP) is 2.11. The van der Waals surface area contributed by atoms with Crippen LogP contribution < -0.4 is 5.73 Å². The van der Waals surface area contributed by atoms with Gasteiger partial charge in [0.1, 0.15) is 0 Å². The monoisotopic (exact) mass is 317 g/mol. The molecule has 0 fully saturated rings. The fourth-order valence-corrected chi connectivity index (χ4v) is 2.73. The van der Waals surface area contributed by atoms with Gasteiger partial charge in [-0.3, -0.25) is 4.68 Å². The highest BCUT2D eigenvalue weighted by molar-refractivity contribution is 9.10. The fourth-order valence-electron chi connectivity index (χ4n) is 2.29. The minimum Gasteiger partial charge on any atom is -0.392 e. The van der Waals surface area contributed by atoms with E-state index in [1.54, 1.807) is 0 Å². The van der Waals surface area contributed by atoms with E-state index in [-0.39, 0.29) is 5.92 Å². The third-order valence-corrected chi connectivity index (χ3v) is 4.51. The molecule has 0 saturated heterocycles. The van der Waals surface area contributed by atoms with Gasteiger partial charge in [0.25, 0.3) is 0 Å². The number of hydrogen-bond donors (Lipinski definition) is 2. The lowest BCUT2D eigenvalue weighted by Crippen LogP contribution is -2.34. The fraction of sp³-hybridized carbons (Fsp3) is 0.769. The van der Waals surface area contributed by atoms with Crippen LogP contribution in [0.4, 0.5) is 0 Å². The highest BCUT2D eigenvalue weighted by Gasteiger charge is 2.24. The molecule has 4 nitrogen and oxygen atoms in total. The summed E-state index contributed by atoms with van der Waals surface area (Å²) < 4.78 is 2.94. The van der Waals surface area contributed by atoms with Gasteiger partial charge in [-0.05, 0) is 48.2 Å². The number of aliphatic hydroxyl groups excluding tert-OH is 1. The van der Waals surface area contributed by atoms with Gasteiger partial charge in [0, 0.05) is 13.0 Å². The maximum atomic E-state index is 10.3. The average molecular weight is 318 g/mol. The molecule has 0 bridgehead atoms. The predicted molar refractivity (Wildman–Crippen MR) is 77.4 cm³/mol. The summed E-state index contributed by atoms with van der Waals surface area (Å²) in [6.45, 7) is 9.53. The summed E-state index contributed by atoms with van der Waals surface area (Å²) in [6, 6.07) is 0. The molecule has 104 valence electrons. The van der Waals surface area contributed by atoms with Crippen molar-refractivity contribution in [2.24, 2.45) is 17.6 Å². The first kappa shape index (κ1) is 15.7. The van der Waals surface area contributed by atoms with Crippen LogP contribution in [-0.2, 0) is 13.0 Å². The van der Waals surface area contributed by atoms with Crippen LogP contribution >= 0.6 is 15.9 Å². The molecule has 0 aromatic carbocycles. The Balaban J connectivity index is 2.90. The Morgan fingerprint density at radius 1 is 1.44 bits per heavy atom. The Bertz CT molecular complexity index is 390. The number of halogens is 1. The van der Waals surface area contributed by atoms with Crippen LogP contribution in [0.1, 0.15) is 32.2 Å². The van der Waals surface area contributed by atoms with Gasteiger partial charge in [-0.25, -0.2) is 0 Å². The third-order valence-electron chi connectivity index (χ3n) is 3.48. The molecule has 1 aromatic rings. The highest BCUT2D eigenvalue weighted by Crippen LogP contribution is 2.25. The van der Waals surface area contributed by atoms with Gasteiger partial charge in [0.2, 0.25) is 0 Å². The third kappa shape index (κ3) is 3.33. The zero-order chi connectivity index (χ0) is 13.9. The molecule has 1 rings (SSSR count). The van der Waals surface area contributed by atoms with Gasteiger partial charge < -0.3 is 10.8 Å². The number of nitrogens with zero attached hydrogens (tertiary/aromatic N) is 2. The molecule has 3 N–H and O–H groups in total. The molecular formula is C13H24BrN3O. The number of aryl methyl sites for hydroxylation is 2. The molecule has 5 heteroatoms. The Labute approximate surface area is 118 Å². The maximum Gasteiger partial charge on any atom is 0.0738 e. The molecular weight excluding hydrogens is 294 g/mol. The summed E-state index contributed by atoms with van der Waals surface area (Å²) in [7, 11) is 0. The minimum absolute atomic E-state index is 0.123. The number of aromatic nitrogens is 2. The largest absolute Gasteiger partial charge is 0.392 e. The van der Waals surface area contributed by atoms with Gasteiger partial charge in [-0.2, -0.15) is 5.10 Å². The van der Waals surface area contributed by atoms with Gasteiger partial charge in [-0.1, -0.05) is 13.8 Å². The van der Waals surface area contributed by atoms with Crippen molar-refractivity contribution in [1.82, 2.24) is 9.78 Å². The van der Waals surface area contributed by atoms with Crippen LogP contribution in [0.25, 0.3) is 0 Å². The molecule has 2 atom stereocenters. The topological polar surface area (TPSA) is 64.1 Å². The summed E-state index contributed by atoms with van der Waals surface area (Å²) in [4.78, 5) is 0. The summed E-state index contributed by atoms with van der Waals surface area (Å²) in [6.07, 6.45) is 0.169. The maximum absolute atomic E-state index is 10.3. The van der Waals surface area contributed by atoms with E-state index in [4.69, 9.17) is 5.73 Å². The molecule has 0 radical (unpaired) electrons. The zero-order valence-electron chi connectivity index (χ0n) is 11.7. The lowest BCUT2D eigenvalue weighted by molar-refractivity contribution is 0.0843. The van der Waals surface area contributed by atoms with Crippen molar-refractivity contribution in [3.8, 4) is 0 Å². The van der Waals surface area contributed by atoms with Crippen molar-refractivity contribution < 1.29 is 5.11 Å². The first-order chi connectivity index (χ1) is 8.42. The van der Waals surface area contributed by atoms with Crippen LogP contribution in [0, 0.1) is 18.8 Å². The van der Waals surface area contributed by atoms with E-state index in [0.717, 1.165) is 22.4 Å². The summed E-state index contributed by atoms with van der Waals surface area (Å²) in [5.41, 5.74) is 7.77. The van der Waals surface area contributed by atoms with Crippen molar-refractivity contribution in [3.63, 3.8) is 0 Å². The number of hydrogen-bond acceptors (Lipinski definition) is 3. The molecule has 0 saturated carbocycles. The lowest BCUT2D eigenvalue weighted by Gasteiger charge is -2.25. The van der Waals surface area contributed by atoms with E-state index in [0.29, 0.717) is 18.9 Å². The Morgan fingerprint density at radius 2 is 2.06 bits per heavy atom. The second-order valence-electron chi connectivity index (χ2n) is 5.08. The van der Waals surface area contributed by atoms with Crippen LogP contribution in [0.5, 0.6) is 0 Å². The number of rotatable bonds is 6. The Morgan fingerprint density at radius 3 is 2.50 bits per heavy atom. The number of aliphatic hydroxyl groups is 1. The van der Waals surface area contributed by atoms with E-state index in [2.05, 4.69) is 41.8 Å². The Hall–Kier alpha value is -0.390. The molecule has 18 heavy (non-hydrogen) atoms. The summed E-state index contributed by atoms with van der Waals surface area (Å²) >= 11 is 3.55. The van der Waals surface area contributed by atoms with Crippen molar-refractivity contribution in [2.75, 3.05) is 6.54 Å². The SMILES string of the molecule is CCn1nc(C)c(Br)c1CC(O)C(CN)C(C)C. The van der Waals surface area contributed by atoms with Gasteiger partial charge in [0.15, 0.2) is 0 Å². The molecule has 1 heterocycles. The summed E-state index contributed by atoms with van der Waals surface area (Å²) in [5, 5.41) is 14.8. The van der Waals surface area contributed by atoms with E-state index < -0.39 is 6.10 Å². The first-order valence-corrected chi connectivity index (χ1v) is 7.31. The van der Waals surface area contributed by atoms with Crippen LogP contribution in [0.15, 0.2) is 4.47 Å². The lowest BCUT2D eigenvalue weighted by atomic mass is 9.88. The Kier molecular flexibility index (Phi) is 5.82. The normalized spacial score (nSPS) is 15.1. The molecule has 0 aliphatic carbocycles.